The van der Waals surface area contributed by atoms with Gasteiger partial charge in [0.05, 0.1) is 18.4 Å². The normalized spacial score (nSPS) is 37.2. The van der Waals surface area contributed by atoms with Crippen LogP contribution in [0.25, 0.3) is 0 Å². The summed E-state index contributed by atoms with van der Waals surface area (Å²) in [4.78, 5) is 36.5. The van der Waals surface area contributed by atoms with Gasteiger partial charge >= 0.3 is 11.9 Å². The average Bonchev–Trinajstić information content (AvgIpc) is 3.37. The van der Waals surface area contributed by atoms with Crippen molar-refractivity contribution in [1.29, 1.82) is 0 Å². The van der Waals surface area contributed by atoms with Gasteiger partial charge in [0.2, 0.25) is 0 Å². The van der Waals surface area contributed by atoms with Gasteiger partial charge in [-0.05, 0) is 145 Å². The molecule has 0 N–H and O–H groups in total. The molecule has 0 saturated heterocycles. The molecule has 13 unspecified atom stereocenters. The Balaban J connectivity index is 1.27. The molecule has 4 saturated carbocycles. The summed E-state index contributed by atoms with van der Waals surface area (Å²) in [6.07, 6.45) is 12.2. The number of rotatable bonds is 16. The minimum Gasteiger partial charge on any atom is -0.462 e. The van der Waals surface area contributed by atoms with E-state index < -0.39 is 24.1 Å². The second kappa shape index (κ2) is 16.5. The van der Waals surface area contributed by atoms with E-state index in [1.807, 2.05) is 20.8 Å². The summed E-state index contributed by atoms with van der Waals surface area (Å²) < 4.78 is 22.2. The molecule has 0 aromatic carbocycles. The van der Waals surface area contributed by atoms with Crippen molar-refractivity contribution in [3.8, 4) is 0 Å². The first-order chi connectivity index (χ1) is 21.8. The van der Waals surface area contributed by atoms with Gasteiger partial charge in [0.1, 0.15) is 6.10 Å². The predicted octanol–water partition coefficient (Wildman–Crippen LogP) is 8.50. The highest BCUT2D eigenvalue weighted by molar-refractivity contribution is 5.81. The van der Waals surface area contributed by atoms with Crippen molar-refractivity contribution in [1.82, 2.24) is 0 Å². The van der Waals surface area contributed by atoms with Gasteiger partial charge in [-0.1, -0.05) is 34.6 Å². The molecule has 46 heavy (non-hydrogen) atoms. The molecule has 4 aliphatic carbocycles. The summed E-state index contributed by atoms with van der Waals surface area (Å²) in [5.74, 6) is 2.66. The fourth-order valence-electron chi connectivity index (χ4n) is 10.6. The Morgan fingerprint density at radius 3 is 2.13 bits per heavy atom. The van der Waals surface area contributed by atoms with Crippen LogP contribution in [0.2, 0.25) is 0 Å². The van der Waals surface area contributed by atoms with Crippen molar-refractivity contribution in [3.05, 3.63) is 0 Å². The van der Waals surface area contributed by atoms with Crippen LogP contribution in [0.3, 0.4) is 0 Å². The third kappa shape index (κ3) is 8.31. The maximum Gasteiger partial charge on any atom is 0.311 e. The fraction of sp³-hybridized carbons (Fsp3) is 0.947. The molecule has 0 aromatic rings. The van der Waals surface area contributed by atoms with Crippen LogP contribution >= 0.6 is 0 Å². The van der Waals surface area contributed by atoms with Gasteiger partial charge in [0.25, 0.3) is 0 Å². The minimum absolute atomic E-state index is 0.0579. The molecular formula is C38H66O8. The summed E-state index contributed by atoms with van der Waals surface area (Å²) in [6, 6.07) is 0. The molecule has 0 bridgehead atoms. The fourth-order valence-corrected chi connectivity index (χ4v) is 10.6. The van der Waals surface area contributed by atoms with E-state index in [1.54, 1.807) is 20.8 Å². The summed E-state index contributed by atoms with van der Waals surface area (Å²) >= 11 is 0. The largest absolute Gasteiger partial charge is 0.462 e. The van der Waals surface area contributed by atoms with E-state index in [0.29, 0.717) is 42.5 Å². The molecule has 0 aromatic heterocycles. The van der Waals surface area contributed by atoms with Crippen LogP contribution in [-0.2, 0) is 38.3 Å². The van der Waals surface area contributed by atoms with Gasteiger partial charge in [-0.15, -0.1) is 0 Å². The molecule has 4 aliphatic rings. The second-order valence-electron chi connectivity index (χ2n) is 15.8. The van der Waals surface area contributed by atoms with E-state index in [1.165, 1.54) is 44.9 Å². The number of esters is 2. The van der Waals surface area contributed by atoms with Crippen molar-refractivity contribution in [3.63, 3.8) is 0 Å². The molecule has 13 atom stereocenters. The third-order valence-electron chi connectivity index (χ3n) is 13.3. The van der Waals surface area contributed by atoms with E-state index in [2.05, 4.69) is 20.8 Å². The van der Waals surface area contributed by atoms with Crippen LogP contribution in [0, 0.1) is 58.2 Å². The van der Waals surface area contributed by atoms with Gasteiger partial charge in [-0.2, -0.15) is 0 Å². The lowest BCUT2D eigenvalue weighted by atomic mass is 9.44. The zero-order valence-corrected chi connectivity index (χ0v) is 30.5. The zero-order valence-electron chi connectivity index (χ0n) is 30.5. The first-order valence-corrected chi connectivity index (χ1v) is 18.8. The van der Waals surface area contributed by atoms with Crippen molar-refractivity contribution in [2.75, 3.05) is 19.8 Å². The van der Waals surface area contributed by atoms with Crippen molar-refractivity contribution in [2.24, 2.45) is 58.2 Å². The highest BCUT2D eigenvalue weighted by Crippen LogP contribution is 2.68. The number of hydrogen-bond acceptors (Lipinski definition) is 8. The Morgan fingerprint density at radius 1 is 0.761 bits per heavy atom. The van der Waals surface area contributed by atoms with Crippen LogP contribution < -0.4 is 0 Å². The van der Waals surface area contributed by atoms with Crippen LogP contribution in [-0.4, -0.2) is 50.4 Å². The summed E-state index contributed by atoms with van der Waals surface area (Å²) in [6.45, 7) is 20.3. The Bertz CT molecular complexity index is 988. The lowest BCUT2D eigenvalue weighted by Crippen LogP contribution is -2.54. The minimum atomic E-state index is -0.619. The van der Waals surface area contributed by atoms with Crippen LogP contribution in [0.4, 0.5) is 0 Å². The predicted molar refractivity (Wildman–Crippen MR) is 177 cm³/mol. The third-order valence-corrected chi connectivity index (χ3v) is 13.3. The molecule has 0 heterocycles. The van der Waals surface area contributed by atoms with Gasteiger partial charge in [0.15, 0.2) is 12.6 Å². The standard InChI is InChI=1S/C38H66O8/c1-10-41-27(6)44-35(39)25(4)26(5)36(40)45-30-18-20-37(8)29(23-30)14-15-31-33-17-16-32(38(33,9)21-19-34(31)37)24(3)13-12-22-43-46-28(7)42-11-2/h24-34H,10-23H2,1-9H3. The maximum atomic E-state index is 13.2. The highest BCUT2D eigenvalue weighted by atomic mass is 17.2. The summed E-state index contributed by atoms with van der Waals surface area (Å²) in [7, 11) is 0. The van der Waals surface area contributed by atoms with E-state index in [9.17, 15) is 9.59 Å². The maximum absolute atomic E-state index is 13.2. The zero-order chi connectivity index (χ0) is 33.6. The Hall–Kier alpha value is -1.22. The Labute approximate surface area is 279 Å². The van der Waals surface area contributed by atoms with E-state index in [0.717, 1.165) is 49.4 Å². The molecule has 0 radical (unpaired) electrons. The number of ether oxygens (including phenoxy) is 4. The van der Waals surface area contributed by atoms with Gasteiger partial charge in [-0.25, -0.2) is 9.78 Å². The van der Waals surface area contributed by atoms with E-state index in [4.69, 9.17) is 28.7 Å². The number of hydrogen-bond donors (Lipinski definition) is 0. The molecule has 0 aliphatic heterocycles. The van der Waals surface area contributed by atoms with Gasteiger partial charge in [0, 0.05) is 13.2 Å². The second-order valence-corrected chi connectivity index (χ2v) is 15.8. The highest BCUT2D eigenvalue weighted by Gasteiger charge is 2.60. The molecular weight excluding hydrogens is 584 g/mol. The van der Waals surface area contributed by atoms with Crippen molar-refractivity contribution < 1.29 is 38.3 Å². The lowest BCUT2D eigenvalue weighted by Gasteiger charge is -2.61. The molecule has 4 rings (SSSR count). The quantitative estimate of drug-likeness (QED) is 0.0540. The smallest absolute Gasteiger partial charge is 0.311 e. The Kier molecular flexibility index (Phi) is 13.4. The molecule has 0 amide bonds. The summed E-state index contributed by atoms with van der Waals surface area (Å²) in [5, 5.41) is 0. The average molecular weight is 651 g/mol. The number of fused-ring (bicyclic) bond motifs is 5. The lowest BCUT2D eigenvalue weighted by molar-refractivity contribution is -0.373. The van der Waals surface area contributed by atoms with Crippen molar-refractivity contribution in [2.45, 2.75) is 152 Å². The van der Waals surface area contributed by atoms with E-state index in [-0.39, 0.29) is 18.4 Å². The molecule has 266 valence electrons. The van der Waals surface area contributed by atoms with Crippen LogP contribution in [0.15, 0.2) is 0 Å². The van der Waals surface area contributed by atoms with Gasteiger partial charge in [-0.3, -0.25) is 9.59 Å². The van der Waals surface area contributed by atoms with Crippen LogP contribution in [0.1, 0.15) is 133 Å². The molecule has 8 heteroatoms. The number of carbonyl (C=O) groups is 2. The van der Waals surface area contributed by atoms with E-state index >= 15 is 0 Å². The first kappa shape index (κ1) is 37.6. The summed E-state index contributed by atoms with van der Waals surface area (Å²) in [5.41, 5.74) is 0.761. The SMILES string of the molecule is CCOC(C)OOCCCC(C)C1CCC2C3CCC4CC(OC(=O)C(C)C(C)C(=O)OC(C)OCC)CCC4(C)C3CCC12C. The Morgan fingerprint density at radius 2 is 1.41 bits per heavy atom. The topological polar surface area (TPSA) is 89.5 Å². The number of carbonyl (C=O) groups excluding carboxylic acids is 2. The molecule has 0 spiro atoms. The first-order valence-electron chi connectivity index (χ1n) is 18.8. The molecule has 4 fully saturated rings. The molecule has 8 nitrogen and oxygen atoms in total. The van der Waals surface area contributed by atoms with Crippen LogP contribution in [0.5, 0.6) is 0 Å². The monoisotopic (exact) mass is 650 g/mol. The van der Waals surface area contributed by atoms with Crippen molar-refractivity contribution >= 4 is 11.9 Å². The van der Waals surface area contributed by atoms with Gasteiger partial charge < -0.3 is 18.9 Å².